The van der Waals surface area contributed by atoms with Gasteiger partial charge in [-0.3, -0.25) is 4.79 Å². The molecule has 0 unspecified atom stereocenters. The number of amides is 1. The SMILES string of the molecule is C#CCOc1ccc(CCC(=O)NCc2ccc(C)c(C)c2)cc1OC. The van der Waals surface area contributed by atoms with E-state index in [1.807, 2.05) is 24.3 Å². The minimum absolute atomic E-state index is 0.0230. The summed E-state index contributed by atoms with van der Waals surface area (Å²) < 4.78 is 10.7. The monoisotopic (exact) mass is 351 g/mol. The summed E-state index contributed by atoms with van der Waals surface area (Å²) in [4.78, 5) is 12.1. The lowest BCUT2D eigenvalue weighted by Gasteiger charge is -2.11. The molecular formula is C22H25NO3. The minimum atomic E-state index is 0.0230. The van der Waals surface area contributed by atoms with E-state index in [-0.39, 0.29) is 12.5 Å². The Morgan fingerprint density at radius 3 is 2.54 bits per heavy atom. The van der Waals surface area contributed by atoms with Crippen LogP contribution in [0.1, 0.15) is 28.7 Å². The molecule has 0 fully saturated rings. The number of rotatable bonds is 8. The summed E-state index contributed by atoms with van der Waals surface area (Å²) in [6.45, 7) is 4.89. The van der Waals surface area contributed by atoms with Crippen LogP contribution in [0.25, 0.3) is 0 Å². The van der Waals surface area contributed by atoms with E-state index in [2.05, 4.69) is 37.2 Å². The molecule has 0 saturated carbocycles. The van der Waals surface area contributed by atoms with Crippen molar-refractivity contribution in [2.75, 3.05) is 13.7 Å². The number of ether oxygens (including phenoxy) is 2. The third-order valence-corrected chi connectivity index (χ3v) is 4.24. The fourth-order valence-electron chi connectivity index (χ4n) is 2.57. The Hall–Kier alpha value is -2.93. The van der Waals surface area contributed by atoms with Crippen LogP contribution < -0.4 is 14.8 Å². The van der Waals surface area contributed by atoms with E-state index >= 15 is 0 Å². The van der Waals surface area contributed by atoms with Crippen molar-refractivity contribution in [2.24, 2.45) is 0 Å². The molecule has 0 atom stereocenters. The highest BCUT2D eigenvalue weighted by molar-refractivity contribution is 5.76. The molecule has 2 aromatic carbocycles. The van der Waals surface area contributed by atoms with E-state index < -0.39 is 0 Å². The van der Waals surface area contributed by atoms with Crippen LogP contribution in [0.3, 0.4) is 0 Å². The molecule has 26 heavy (non-hydrogen) atoms. The molecule has 0 spiro atoms. The van der Waals surface area contributed by atoms with Crippen LogP contribution in [-0.2, 0) is 17.8 Å². The highest BCUT2D eigenvalue weighted by atomic mass is 16.5. The van der Waals surface area contributed by atoms with Gasteiger partial charge in [0.2, 0.25) is 5.91 Å². The topological polar surface area (TPSA) is 47.6 Å². The van der Waals surface area contributed by atoms with Gasteiger partial charge in [-0.05, 0) is 54.7 Å². The van der Waals surface area contributed by atoms with Crippen molar-refractivity contribution < 1.29 is 14.3 Å². The van der Waals surface area contributed by atoms with Crippen LogP contribution in [0.5, 0.6) is 11.5 Å². The summed E-state index contributed by atoms with van der Waals surface area (Å²) in [5.74, 6) is 3.67. The summed E-state index contributed by atoms with van der Waals surface area (Å²) in [5, 5.41) is 2.97. The van der Waals surface area contributed by atoms with Gasteiger partial charge in [-0.2, -0.15) is 0 Å². The molecule has 1 amide bonds. The first-order valence-electron chi connectivity index (χ1n) is 8.59. The highest BCUT2D eigenvalue weighted by Gasteiger charge is 2.08. The van der Waals surface area contributed by atoms with Crippen molar-refractivity contribution in [3.8, 4) is 23.8 Å². The average Bonchev–Trinajstić information content (AvgIpc) is 2.65. The standard InChI is InChI=1S/C22H25NO3/c1-5-12-26-20-10-8-18(14-21(20)25-4)9-11-22(24)23-15-19-7-6-16(2)17(3)13-19/h1,6-8,10,13-14H,9,11-12,15H2,2-4H3,(H,23,24). The summed E-state index contributed by atoms with van der Waals surface area (Å²) in [5.41, 5.74) is 4.61. The van der Waals surface area contributed by atoms with Crippen LogP contribution in [0, 0.1) is 26.2 Å². The molecule has 4 nitrogen and oxygen atoms in total. The number of carbonyl (C=O) groups is 1. The summed E-state index contributed by atoms with van der Waals surface area (Å²) >= 11 is 0. The molecule has 2 aromatic rings. The second-order valence-corrected chi connectivity index (χ2v) is 6.17. The van der Waals surface area contributed by atoms with Gasteiger partial charge in [-0.15, -0.1) is 6.42 Å². The Balaban J connectivity index is 1.86. The molecule has 0 aromatic heterocycles. The number of carbonyl (C=O) groups excluding carboxylic acids is 1. The number of hydrogen-bond acceptors (Lipinski definition) is 3. The van der Waals surface area contributed by atoms with Crippen LogP contribution >= 0.6 is 0 Å². The van der Waals surface area contributed by atoms with E-state index in [4.69, 9.17) is 15.9 Å². The molecule has 4 heteroatoms. The minimum Gasteiger partial charge on any atom is -0.493 e. The highest BCUT2D eigenvalue weighted by Crippen LogP contribution is 2.28. The van der Waals surface area contributed by atoms with Gasteiger partial charge in [0.05, 0.1) is 7.11 Å². The van der Waals surface area contributed by atoms with Gasteiger partial charge in [0.1, 0.15) is 6.61 Å². The maximum Gasteiger partial charge on any atom is 0.220 e. The maximum absolute atomic E-state index is 12.1. The van der Waals surface area contributed by atoms with Gasteiger partial charge in [0.15, 0.2) is 11.5 Å². The molecule has 1 N–H and O–H groups in total. The van der Waals surface area contributed by atoms with E-state index in [1.165, 1.54) is 11.1 Å². The quantitative estimate of drug-likeness (QED) is 0.740. The molecular weight excluding hydrogens is 326 g/mol. The van der Waals surface area contributed by atoms with Gasteiger partial charge >= 0.3 is 0 Å². The lowest BCUT2D eigenvalue weighted by molar-refractivity contribution is -0.121. The molecule has 0 bridgehead atoms. The van der Waals surface area contributed by atoms with Crippen LogP contribution in [-0.4, -0.2) is 19.6 Å². The average molecular weight is 351 g/mol. The Bertz CT molecular complexity index is 806. The zero-order valence-corrected chi connectivity index (χ0v) is 15.6. The number of aryl methyl sites for hydroxylation is 3. The number of hydrogen-bond donors (Lipinski definition) is 1. The Kier molecular flexibility index (Phi) is 7.11. The Morgan fingerprint density at radius 2 is 1.85 bits per heavy atom. The predicted octanol–water partition coefficient (Wildman–Crippen LogP) is 3.57. The van der Waals surface area contributed by atoms with Crippen molar-refractivity contribution in [1.29, 1.82) is 0 Å². The second-order valence-electron chi connectivity index (χ2n) is 6.17. The fourth-order valence-corrected chi connectivity index (χ4v) is 2.57. The molecule has 0 aliphatic carbocycles. The van der Waals surface area contributed by atoms with E-state index in [0.717, 1.165) is 11.1 Å². The van der Waals surface area contributed by atoms with Crippen molar-refractivity contribution in [3.05, 3.63) is 58.7 Å². The molecule has 136 valence electrons. The lowest BCUT2D eigenvalue weighted by atomic mass is 10.1. The van der Waals surface area contributed by atoms with Crippen LogP contribution in [0.4, 0.5) is 0 Å². The molecule has 2 rings (SSSR count). The first-order chi connectivity index (χ1) is 12.5. The number of benzene rings is 2. The van der Waals surface area contributed by atoms with Gasteiger partial charge in [-0.1, -0.05) is 30.2 Å². The molecule has 0 aliphatic heterocycles. The molecule has 0 saturated heterocycles. The van der Waals surface area contributed by atoms with Crippen molar-refractivity contribution >= 4 is 5.91 Å². The van der Waals surface area contributed by atoms with Crippen molar-refractivity contribution in [2.45, 2.75) is 33.2 Å². The zero-order valence-electron chi connectivity index (χ0n) is 15.6. The van der Waals surface area contributed by atoms with Gasteiger partial charge in [0.25, 0.3) is 0 Å². The molecule has 0 heterocycles. The third-order valence-electron chi connectivity index (χ3n) is 4.24. The van der Waals surface area contributed by atoms with E-state index in [9.17, 15) is 4.79 Å². The summed E-state index contributed by atoms with van der Waals surface area (Å²) in [6.07, 6.45) is 6.25. The van der Waals surface area contributed by atoms with Gasteiger partial charge in [0, 0.05) is 13.0 Å². The van der Waals surface area contributed by atoms with Gasteiger partial charge < -0.3 is 14.8 Å². The molecule has 0 aliphatic rings. The van der Waals surface area contributed by atoms with Crippen LogP contribution in [0.15, 0.2) is 36.4 Å². The summed E-state index contributed by atoms with van der Waals surface area (Å²) in [7, 11) is 1.58. The second kappa shape index (κ2) is 9.53. The predicted molar refractivity (Wildman–Crippen MR) is 103 cm³/mol. The van der Waals surface area contributed by atoms with Crippen LogP contribution in [0.2, 0.25) is 0 Å². The smallest absolute Gasteiger partial charge is 0.220 e. The first-order valence-corrected chi connectivity index (χ1v) is 8.59. The lowest BCUT2D eigenvalue weighted by Crippen LogP contribution is -2.23. The normalized spacial score (nSPS) is 10.1. The van der Waals surface area contributed by atoms with Gasteiger partial charge in [-0.25, -0.2) is 0 Å². The maximum atomic E-state index is 12.1. The number of methoxy groups -OCH3 is 1. The Morgan fingerprint density at radius 1 is 1.08 bits per heavy atom. The largest absolute Gasteiger partial charge is 0.493 e. The number of terminal acetylenes is 1. The van der Waals surface area contributed by atoms with Crippen molar-refractivity contribution in [1.82, 2.24) is 5.32 Å². The first kappa shape index (κ1) is 19.4. The number of nitrogens with one attached hydrogen (secondary N) is 1. The summed E-state index contributed by atoms with van der Waals surface area (Å²) in [6, 6.07) is 11.8. The fraction of sp³-hybridized carbons (Fsp3) is 0.318. The van der Waals surface area contributed by atoms with Crippen molar-refractivity contribution in [3.63, 3.8) is 0 Å². The third kappa shape index (κ3) is 5.56. The molecule has 0 radical (unpaired) electrons. The zero-order chi connectivity index (χ0) is 18.9. The Labute approximate surface area is 155 Å². The van der Waals surface area contributed by atoms with E-state index in [0.29, 0.717) is 30.9 Å². The van der Waals surface area contributed by atoms with E-state index in [1.54, 1.807) is 7.11 Å².